The molecule has 2 saturated carbocycles. The van der Waals surface area contributed by atoms with E-state index >= 15 is 0 Å². The summed E-state index contributed by atoms with van der Waals surface area (Å²) in [7, 11) is 0. The molecule has 2 aliphatic carbocycles. The van der Waals surface area contributed by atoms with E-state index in [1.165, 1.54) is 128 Å². The van der Waals surface area contributed by atoms with Crippen LogP contribution in [0.4, 0.5) is 34.1 Å². The van der Waals surface area contributed by atoms with Crippen LogP contribution >= 0.6 is 0 Å². The SMILES string of the molecule is CCc1ccccc1-c1cccc(-c2cccc(N(c3ccc(C)cc3)c3cc(C4CCCCC4)c4ccc5c(N(c6ccc(C)cc6)c6cccc7c6oc6c(-c8ccccc8CC)cccc67)cc(C6CCCCC6)c6ccc3c4c65)c2O)c1. The Morgan fingerprint density at radius 3 is 1.40 bits per heavy atom. The second-order valence-electron chi connectivity index (χ2n) is 24.8. The molecule has 1 heterocycles. The Morgan fingerprint density at radius 1 is 0.372 bits per heavy atom. The average Bonchev–Trinajstić information content (AvgIpc) is 0.770. The molecule has 0 bridgehead atoms. The van der Waals surface area contributed by atoms with Crippen molar-refractivity contribution in [1.82, 2.24) is 0 Å². The minimum atomic E-state index is 0.260. The molecule has 4 heteroatoms. The van der Waals surface area contributed by atoms with Gasteiger partial charge in [0.2, 0.25) is 0 Å². The Hall–Kier alpha value is -9.12. The van der Waals surface area contributed by atoms with E-state index < -0.39 is 0 Å². The highest BCUT2D eigenvalue weighted by Gasteiger charge is 2.31. The Balaban J connectivity index is 1.01. The van der Waals surface area contributed by atoms with Crippen LogP contribution in [0.5, 0.6) is 5.75 Å². The number of nitrogens with zero attached hydrogens (tertiary/aromatic N) is 2. The quantitative estimate of drug-likeness (QED) is 0.117. The number of aryl methyl sites for hydroxylation is 4. The lowest BCUT2D eigenvalue weighted by Crippen LogP contribution is -2.15. The molecule has 424 valence electrons. The van der Waals surface area contributed by atoms with Crippen LogP contribution in [0.3, 0.4) is 0 Å². The van der Waals surface area contributed by atoms with Gasteiger partial charge in [0.1, 0.15) is 11.3 Å². The molecule has 0 unspecified atom stereocenters. The molecule has 12 aromatic carbocycles. The molecule has 1 N–H and O–H groups in total. The summed E-state index contributed by atoms with van der Waals surface area (Å²) in [6, 6.07) is 79.0. The Labute approximate surface area is 506 Å². The molecule has 2 fully saturated rings. The van der Waals surface area contributed by atoms with Crippen molar-refractivity contribution in [1.29, 1.82) is 0 Å². The van der Waals surface area contributed by atoms with E-state index in [1.807, 2.05) is 0 Å². The number of fused-ring (bicyclic) bond motifs is 3. The molecule has 2 aliphatic rings. The molecule has 13 aromatic rings. The van der Waals surface area contributed by atoms with Crippen molar-refractivity contribution in [2.45, 2.75) is 117 Å². The first-order valence-corrected chi connectivity index (χ1v) is 31.9. The second-order valence-corrected chi connectivity index (χ2v) is 24.8. The molecular formula is C82H74N2O2. The zero-order valence-electron chi connectivity index (χ0n) is 50.1. The summed E-state index contributed by atoms with van der Waals surface area (Å²) in [6.45, 7) is 8.80. The fourth-order valence-corrected chi connectivity index (χ4v) is 15.3. The van der Waals surface area contributed by atoms with Crippen LogP contribution in [0.25, 0.3) is 87.6 Å². The molecule has 0 amide bonds. The maximum absolute atomic E-state index is 13.2. The largest absolute Gasteiger partial charge is 0.505 e. The molecule has 86 heavy (non-hydrogen) atoms. The second kappa shape index (κ2) is 22.4. The van der Waals surface area contributed by atoms with Crippen LogP contribution in [0.15, 0.2) is 217 Å². The zero-order chi connectivity index (χ0) is 58.0. The van der Waals surface area contributed by atoms with Crippen LogP contribution in [0.2, 0.25) is 0 Å². The Morgan fingerprint density at radius 2 is 0.814 bits per heavy atom. The minimum absolute atomic E-state index is 0.260. The van der Waals surface area contributed by atoms with E-state index in [0.29, 0.717) is 11.8 Å². The topological polar surface area (TPSA) is 39.9 Å². The standard InChI is InChI=1S/C82H74N2O2/c1-5-54-21-13-15-29-62(54)58-27-17-28-59(49-58)64-31-19-35-74(80(64)85)83(60-41-37-52(3)38-42-60)76-50-72(56-23-9-7-10-24-56)65-46-48-71-77(51-73(57-25-11-8-12-26-57)66-45-47-70(76)78(65)79(66)71)84(61-43-39-53(4)40-44-61)75-36-20-34-69-68-33-18-32-67(81(68)86-82(69)75)63-30-16-14-22-55(63)6-2/h13-22,27-51,56-57,85H,5-12,23-26H2,1-4H3. The van der Waals surface area contributed by atoms with Gasteiger partial charge in [-0.3, -0.25) is 0 Å². The van der Waals surface area contributed by atoms with Crippen LogP contribution in [-0.2, 0) is 12.8 Å². The predicted molar refractivity (Wildman–Crippen MR) is 365 cm³/mol. The Bertz CT molecular complexity index is 4670. The first-order valence-electron chi connectivity index (χ1n) is 31.9. The normalized spacial score (nSPS) is 14.3. The maximum Gasteiger partial charge on any atom is 0.159 e. The van der Waals surface area contributed by atoms with Gasteiger partial charge >= 0.3 is 0 Å². The van der Waals surface area contributed by atoms with Gasteiger partial charge in [0.15, 0.2) is 5.58 Å². The predicted octanol–water partition coefficient (Wildman–Crippen LogP) is 24.0. The molecule has 1 aromatic heterocycles. The van der Waals surface area contributed by atoms with Gasteiger partial charge in [0.25, 0.3) is 0 Å². The van der Waals surface area contributed by atoms with Crippen LogP contribution in [0.1, 0.15) is 123 Å². The van der Waals surface area contributed by atoms with Crippen LogP contribution in [-0.4, -0.2) is 5.11 Å². The third-order valence-corrected chi connectivity index (χ3v) is 19.6. The van der Waals surface area contributed by atoms with Crippen molar-refractivity contribution in [2.24, 2.45) is 0 Å². The summed E-state index contributed by atoms with van der Waals surface area (Å²) >= 11 is 0. The first kappa shape index (κ1) is 53.6. The highest BCUT2D eigenvalue weighted by Crippen LogP contribution is 2.55. The lowest BCUT2D eigenvalue weighted by Gasteiger charge is -2.33. The number of para-hydroxylation sites is 3. The van der Waals surface area contributed by atoms with Gasteiger partial charge in [-0.2, -0.15) is 0 Å². The fourth-order valence-electron chi connectivity index (χ4n) is 15.3. The van der Waals surface area contributed by atoms with Gasteiger partial charge in [-0.15, -0.1) is 0 Å². The highest BCUT2D eigenvalue weighted by molar-refractivity contribution is 6.30. The van der Waals surface area contributed by atoms with Crippen molar-refractivity contribution < 1.29 is 9.52 Å². The van der Waals surface area contributed by atoms with Gasteiger partial charge in [0.05, 0.1) is 22.7 Å². The number of aromatic hydroxyl groups is 1. The molecule has 0 radical (unpaired) electrons. The van der Waals surface area contributed by atoms with Crippen molar-refractivity contribution in [3.05, 3.63) is 246 Å². The number of rotatable bonds is 13. The number of phenolic OH excluding ortho intramolecular Hbond substituents is 1. The first-order chi connectivity index (χ1) is 42.3. The average molecular weight is 1120 g/mol. The van der Waals surface area contributed by atoms with Crippen molar-refractivity contribution >= 4 is 88.4 Å². The molecule has 0 aliphatic heterocycles. The monoisotopic (exact) mass is 1120 g/mol. The zero-order valence-corrected chi connectivity index (χ0v) is 50.1. The summed E-state index contributed by atoms with van der Waals surface area (Å²) in [4.78, 5) is 4.91. The van der Waals surface area contributed by atoms with E-state index in [9.17, 15) is 5.11 Å². The number of furan rings is 1. The van der Waals surface area contributed by atoms with E-state index in [-0.39, 0.29) is 5.75 Å². The summed E-state index contributed by atoms with van der Waals surface area (Å²) in [5, 5.41) is 23.1. The smallest absolute Gasteiger partial charge is 0.159 e. The molecular weight excluding hydrogens is 1040 g/mol. The number of phenols is 1. The molecule has 4 nitrogen and oxygen atoms in total. The summed E-state index contributed by atoms with van der Waals surface area (Å²) in [5.74, 6) is 1.06. The van der Waals surface area contributed by atoms with E-state index in [2.05, 4.69) is 250 Å². The van der Waals surface area contributed by atoms with Crippen molar-refractivity contribution in [3.63, 3.8) is 0 Å². The van der Waals surface area contributed by atoms with Crippen LogP contribution < -0.4 is 9.80 Å². The highest BCUT2D eigenvalue weighted by atomic mass is 16.3. The lowest BCUT2D eigenvalue weighted by molar-refractivity contribution is 0.445. The lowest BCUT2D eigenvalue weighted by atomic mass is 9.77. The van der Waals surface area contributed by atoms with E-state index in [0.717, 1.165) is 104 Å². The van der Waals surface area contributed by atoms with Gasteiger partial charge in [-0.1, -0.05) is 221 Å². The minimum Gasteiger partial charge on any atom is -0.505 e. The third kappa shape index (κ3) is 9.19. The van der Waals surface area contributed by atoms with Gasteiger partial charge in [-0.05, 0) is 185 Å². The molecule has 0 saturated heterocycles. The van der Waals surface area contributed by atoms with Crippen LogP contribution in [0, 0.1) is 13.8 Å². The van der Waals surface area contributed by atoms with Crippen molar-refractivity contribution in [2.75, 3.05) is 9.80 Å². The van der Waals surface area contributed by atoms with Gasteiger partial charge < -0.3 is 19.3 Å². The summed E-state index contributed by atoms with van der Waals surface area (Å²) in [5.41, 5.74) is 22.3. The molecule has 0 spiro atoms. The Kier molecular flexibility index (Phi) is 13.9. The third-order valence-electron chi connectivity index (χ3n) is 19.6. The number of hydrogen-bond acceptors (Lipinski definition) is 4. The van der Waals surface area contributed by atoms with Gasteiger partial charge in [-0.25, -0.2) is 0 Å². The molecule has 15 rings (SSSR count). The molecule has 0 atom stereocenters. The van der Waals surface area contributed by atoms with E-state index in [1.54, 1.807) is 0 Å². The number of anilines is 6. The maximum atomic E-state index is 13.2. The summed E-state index contributed by atoms with van der Waals surface area (Å²) < 4.78 is 7.42. The number of hydrogen-bond donors (Lipinski definition) is 1. The summed E-state index contributed by atoms with van der Waals surface area (Å²) in [6.07, 6.45) is 13.9. The fraction of sp³-hybridized carbons (Fsp3) is 0.220. The van der Waals surface area contributed by atoms with Gasteiger partial charge in [0, 0.05) is 44.0 Å². The number of benzene rings is 12. The van der Waals surface area contributed by atoms with Crippen molar-refractivity contribution in [3.8, 4) is 39.1 Å². The van der Waals surface area contributed by atoms with E-state index in [4.69, 9.17) is 4.42 Å².